The Kier molecular flexibility index (Phi) is 1.95. The standard InChI is InChI=1S/C11H21N/c1-11(2)9-5-4-8(7-12-3)10(11)6-9/h8-10,12H,4-7H2,1-3H3/t8?,9-,10-/m0/s1. The van der Waals surface area contributed by atoms with Crippen LogP contribution in [-0.4, -0.2) is 13.6 Å². The van der Waals surface area contributed by atoms with Gasteiger partial charge in [0.15, 0.2) is 0 Å². The first-order chi connectivity index (χ1) is 5.66. The third kappa shape index (κ3) is 1.02. The van der Waals surface area contributed by atoms with Crippen LogP contribution in [0.2, 0.25) is 0 Å². The van der Waals surface area contributed by atoms with E-state index >= 15 is 0 Å². The van der Waals surface area contributed by atoms with Crippen molar-refractivity contribution < 1.29 is 0 Å². The lowest BCUT2D eigenvalue weighted by Gasteiger charge is -2.60. The van der Waals surface area contributed by atoms with Crippen molar-refractivity contribution in [3.63, 3.8) is 0 Å². The number of rotatable bonds is 2. The number of fused-ring (bicyclic) bond motifs is 2. The van der Waals surface area contributed by atoms with Gasteiger partial charge >= 0.3 is 0 Å². The largest absolute Gasteiger partial charge is 0.319 e. The highest BCUT2D eigenvalue weighted by Crippen LogP contribution is 2.61. The van der Waals surface area contributed by atoms with Crippen molar-refractivity contribution in [2.45, 2.75) is 33.1 Å². The van der Waals surface area contributed by atoms with Crippen molar-refractivity contribution in [3.05, 3.63) is 0 Å². The third-order valence-electron chi connectivity index (χ3n) is 4.47. The summed E-state index contributed by atoms with van der Waals surface area (Å²) in [6.45, 7) is 6.17. The van der Waals surface area contributed by atoms with Crippen LogP contribution in [0.5, 0.6) is 0 Å². The minimum absolute atomic E-state index is 0.666. The van der Waals surface area contributed by atoms with E-state index in [4.69, 9.17) is 0 Å². The molecule has 0 heterocycles. The van der Waals surface area contributed by atoms with Crippen molar-refractivity contribution in [2.24, 2.45) is 23.2 Å². The Bertz CT molecular complexity index is 170. The second-order valence-corrected chi connectivity index (χ2v) is 5.26. The van der Waals surface area contributed by atoms with Crippen LogP contribution in [0.15, 0.2) is 0 Å². The van der Waals surface area contributed by atoms with Gasteiger partial charge in [0.25, 0.3) is 0 Å². The van der Waals surface area contributed by atoms with Crippen LogP contribution >= 0.6 is 0 Å². The quantitative estimate of drug-likeness (QED) is 0.665. The molecule has 0 spiro atoms. The lowest BCUT2D eigenvalue weighted by atomic mass is 9.45. The Labute approximate surface area is 75.9 Å². The van der Waals surface area contributed by atoms with E-state index in [0.717, 1.165) is 17.8 Å². The monoisotopic (exact) mass is 167 g/mol. The summed E-state index contributed by atoms with van der Waals surface area (Å²) in [5.74, 6) is 3.04. The molecule has 3 aliphatic rings. The minimum atomic E-state index is 0.666. The third-order valence-corrected chi connectivity index (χ3v) is 4.47. The average Bonchev–Trinajstić information content (AvgIpc) is 2.05. The summed E-state index contributed by atoms with van der Waals surface area (Å²) in [4.78, 5) is 0. The topological polar surface area (TPSA) is 12.0 Å². The number of nitrogens with one attached hydrogen (secondary N) is 1. The molecule has 70 valence electrons. The van der Waals surface area contributed by atoms with Crippen molar-refractivity contribution in [2.75, 3.05) is 13.6 Å². The second kappa shape index (κ2) is 2.73. The summed E-state index contributed by atoms with van der Waals surface area (Å²) in [6, 6.07) is 0. The molecular formula is C11H21N. The van der Waals surface area contributed by atoms with Gasteiger partial charge in [-0.25, -0.2) is 0 Å². The van der Waals surface area contributed by atoms with Crippen LogP contribution < -0.4 is 5.32 Å². The van der Waals surface area contributed by atoms with Crippen LogP contribution in [-0.2, 0) is 0 Å². The summed E-state index contributed by atoms with van der Waals surface area (Å²) in [5.41, 5.74) is 0.666. The van der Waals surface area contributed by atoms with Crippen molar-refractivity contribution in [1.82, 2.24) is 5.32 Å². The van der Waals surface area contributed by atoms with Gasteiger partial charge in [0.05, 0.1) is 0 Å². The Morgan fingerprint density at radius 2 is 2.08 bits per heavy atom. The number of hydrogen-bond acceptors (Lipinski definition) is 1. The molecule has 3 fully saturated rings. The van der Waals surface area contributed by atoms with Gasteiger partial charge in [0.2, 0.25) is 0 Å². The summed E-state index contributed by atoms with van der Waals surface area (Å²) < 4.78 is 0. The van der Waals surface area contributed by atoms with Gasteiger partial charge in [0, 0.05) is 0 Å². The molecule has 3 rings (SSSR count). The first-order valence-corrected chi connectivity index (χ1v) is 5.31. The molecule has 0 aliphatic heterocycles. The highest BCUT2D eigenvalue weighted by atomic mass is 14.8. The minimum Gasteiger partial charge on any atom is -0.319 e. The van der Waals surface area contributed by atoms with Crippen LogP contribution in [0.1, 0.15) is 33.1 Å². The Morgan fingerprint density at radius 3 is 2.58 bits per heavy atom. The van der Waals surface area contributed by atoms with Gasteiger partial charge in [-0.15, -0.1) is 0 Å². The smallest absolute Gasteiger partial charge is 0.00207 e. The number of hydrogen-bond donors (Lipinski definition) is 1. The first kappa shape index (κ1) is 8.55. The molecule has 3 aliphatic carbocycles. The molecule has 0 aromatic heterocycles. The molecule has 1 nitrogen and oxygen atoms in total. The predicted molar refractivity (Wildman–Crippen MR) is 52.0 cm³/mol. The SMILES string of the molecule is CNCC1CC[C@H]2C[C@@H]1C2(C)C. The highest BCUT2D eigenvalue weighted by molar-refractivity contribution is 5.03. The van der Waals surface area contributed by atoms with E-state index < -0.39 is 0 Å². The molecule has 0 saturated heterocycles. The van der Waals surface area contributed by atoms with Crippen molar-refractivity contribution in [1.29, 1.82) is 0 Å². The van der Waals surface area contributed by atoms with Gasteiger partial charge in [-0.2, -0.15) is 0 Å². The van der Waals surface area contributed by atoms with E-state index in [0.29, 0.717) is 5.41 Å². The van der Waals surface area contributed by atoms with Crippen LogP contribution in [0.25, 0.3) is 0 Å². The van der Waals surface area contributed by atoms with Gasteiger partial charge in [0.1, 0.15) is 0 Å². The lowest BCUT2D eigenvalue weighted by Crippen LogP contribution is -2.54. The molecular weight excluding hydrogens is 146 g/mol. The lowest BCUT2D eigenvalue weighted by molar-refractivity contribution is -0.103. The Balaban J connectivity index is 2.01. The van der Waals surface area contributed by atoms with Gasteiger partial charge < -0.3 is 5.32 Å². The molecule has 0 aromatic carbocycles. The fourth-order valence-corrected chi connectivity index (χ4v) is 3.47. The summed E-state index contributed by atoms with van der Waals surface area (Å²) in [5, 5.41) is 3.33. The predicted octanol–water partition coefficient (Wildman–Crippen LogP) is 2.28. The summed E-state index contributed by atoms with van der Waals surface area (Å²) >= 11 is 0. The molecule has 2 bridgehead atoms. The van der Waals surface area contributed by atoms with Crippen molar-refractivity contribution in [3.8, 4) is 0 Å². The summed E-state index contributed by atoms with van der Waals surface area (Å²) in [6.07, 6.45) is 4.47. The molecule has 3 saturated carbocycles. The maximum atomic E-state index is 3.33. The van der Waals surface area contributed by atoms with Crippen LogP contribution in [0, 0.1) is 23.2 Å². The van der Waals surface area contributed by atoms with E-state index in [-0.39, 0.29) is 0 Å². The van der Waals surface area contributed by atoms with Crippen LogP contribution in [0.4, 0.5) is 0 Å². The van der Waals surface area contributed by atoms with E-state index in [1.54, 1.807) is 0 Å². The zero-order valence-corrected chi connectivity index (χ0v) is 8.56. The highest BCUT2D eigenvalue weighted by Gasteiger charge is 2.53. The molecule has 3 atom stereocenters. The van der Waals surface area contributed by atoms with Gasteiger partial charge in [-0.1, -0.05) is 13.8 Å². The molecule has 12 heavy (non-hydrogen) atoms. The van der Waals surface area contributed by atoms with Crippen molar-refractivity contribution >= 4 is 0 Å². The molecule has 1 heteroatoms. The fourth-order valence-electron chi connectivity index (χ4n) is 3.47. The van der Waals surface area contributed by atoms with E-state index in [1.807, 2.05) is 0 Å². The Morgan fingerprint density at radius 1 is 1.33 bits per heavy atom. The van der Waals surface area contributed by atoms with E-state index in [1.165, 1.54) is 25.8 Å². The fraction of sp³-hybridized carbons (Fsp3) is 1.00. The van der Waals surface area contributed by atoms with Gasteiger partial charge in [-0.05, 0) is 56.0 Å². The Hall–Kier alpha value is -0.0400. The molecule has 0 amide bonds. The molecule has 0 aromatic rings. The maximum absolute atomic E-state index is 3.33. The normalized spacial score (nSPS) is 43.8. The van der Waals surface area contributed by atoms with Crippen LogP contribution in [0.3, 0.4) is 0 Å². The maximum Gasteiger partial charge on any atom is -0.00207 e. The molecule has 1 N–H and O–H groups in total. The zero-order chi connectivity index (χ0) is 8.77. The van der Waals surface area contributed by atoms with E-state index in [2.05, 4.69) is 26.2 Å². The molecule has 0 radical (unpaired) electrons. The average molecular weight is 167 g/mol. The zero-order valence-electron chi connectivity index (χ0n) is 8.56. The van der Waals surface area contributed by atoms with Gasteiger partial charge in [-0.3, -0.25) is 0 Å². The molecule has 1 unspecified atom stereocenters. The second-order valence-electron chi connectivity index (χ2n) is 5.26. The summed E-state index contributed by atoms with van der Waals surface area (Å²) in [7, 11) is 2.08. The first-order valence-electron chi connectivity index (χ1n) is 5.31. The van der Waals surface area contributed by atoms with E-state index in [9.17, 15) is 0 Å².